The lowest BCUT2D eigenvalue weighted by atomic mass is 10.2. The van der Waals surface area contributed by atoms with Gasteiger partial charge >= 0.3 is 5.97 Å². The summed E-state index contributed by atoms with van der Waals surface area (Å²) in [6, 6.07) is 17.2. The van der Waals surface area contributed by atoms with Gasteiger partial charge in [-0.3, -0.25) is 4.79 Å². The minimum Gasteiger partial charge on any atom is -0.493 e. The first-order valence-corrected chi connectivity index (χ1v) is 12.4. The van der Waals surface area contributed by atoms with Crippen LogP contribution in [0.5, 0.6) is 11.5 Å². The van der Waals surface area contributed by atoms with Crippen molar-refractivity contribution < 1.29 is 23.8 Å². The summed E-state index contributed by atoms with van der Waals surface area (Å²) in [4.78, 5) is 29.4. The van der Waals surface area contributed by atoms with Gasteiger partial charge in [0.1, 0.15) is 5.58 Å². The van der Waals surface area contributed by atoms with Crippen molar-refractivity contribution in [2.24, 2.45) is 5.10 Å². The lowest BCUT2D eigenvalue weighted by Gasteiger charge is -2.16. The Labute approximate surface area is 229 Å². The predicted molar refractivity (Wildman–Crippen MR) is 148 cm³/mol. The van der Waals surface area contributed by atoms with Crippen molar-refractivity contribution in [3.63, 3.8) is 0 Å². The van der Waals surface area contributed by atoms with E-state index in [-0.39, 0.29) is 22.9 Å². The van der Waals surface area contributed by atoms with Crippen molar-refractivity contribution >= 4 is 61.6 Å². The zero-order chi connectivity index (χ0) is 27.0. The topological polar surface area (TPSA) is 116 Å². The van der Waals surface area contributed by atoms with E-state index in [0.717, 1.165) is 5.39 Å². The number of carboxylic acid groups (broad SMARTS) is 1. The second kappa shape index (κ2) is 10.3. The van der Waals surface area contributed by atoms with Crippen molar-refractivity contribution in [3.8, 4) is 23.1 Å². The number of aliphatic carboxylic acids is 1. The molecule has 0 aliphatic carbocycles. The van der Waals surface area contributed by atoms with Gasteiger partial charge in [-0.05, 0) is 76.9 Å². The molecule has 5 rings (SSSR count). The highest BCUT2D eigenvalue weighted by Crippen LogP contribution is 2.37. The van der Waals surface area contributed by atoms with E-state index in [1.54, 1.807) is 60.7 Å². The summed E-state index contributed by atoms with van der Waals surface area (Å²) < 4.78 is 18.5. The van der Waals surface area contributed by atoms with Crippen LogP contribution in [-0.4, -0.2) is 40.2 Å². The molecule has 192 valence electrons. The predicted octanol–water partition coefficient (Wildman–Crippen LogP) is 5.97. The summed E-state index contributed by atoms with van der Waals surface area (Å²) in [5.74, 6) is -0.0582. The molecule has 0 bridgehead atoms. The normalized spacial score (nSPS) is 12.3. The maximum atomic E-state index is 13.5. The number of carbonyl (C=O) groups is 1. The average Bonchev–Trinajstić information content (AvgIpc) is 3.32. The van der Waals surface area contributed by atoms with Gasteiger partial charge in [-0.1, -0.05) is 23.7 Å². The molecule has 11 heteroatoms. The Bertz CT molecular complexity index is 1800. The van der Waals surface area contributed by atoms with Crippen LogP contribution in [0.4, 0.5) is 0 Å². The highest BCUT2D eigenvalue weighted by molar-refractivity contribution is 9.10. The standard InChI is InChI=1S/C27H19BrClN3O6/c1-14(27(34)35)37-24-19(28)9-15(10-22(24)36-2)13-30-32-25(31-20-6-4-3-5-18(20)26(32)33)23-12-16-11-17(29)7-8-21(16)38-23/h3-14H,1-2H3,(H,34,35)/t14-/m0/s1. The third-order valence-electron chi connectivity index (χ3n) is 5.67. The number of nitrogens with zero attached hydrogens (tertiary/aromatic N) is 3. The van der Waals surface area contributed by atoms with Gasteiger partial charge < -0.3 is 19.0 Å². The molecule has 3 aromatic carbocycles. The maximum absolute atomic E-state index is 13.5. The zero-order valence-corrected chi connectivity index (χ0v) is 22.4. The summed E-state index contributed by atoms with van der Waals surface area (Å²) in [6.45, 7) is 1.41. The number of benzene rings is 3. The van der Waals surface area contributed by atoms with Crippen molar-refractivity contribution in [2.75, 3.05) is 7.11 Å². The SMILES string of the molecule is COc1cc(C=Nn2c(-c3cc4cc(Cl)ccc4o3)nc3ccccc3c2=O)cc(Br)c1O[C@@H](C)C(=O)O. The van der Waals surface area contributed by atoms with Crippen LogP contribution in [0.1, 0.15) is 12.5 Å². The van der Waals surface area contributed by atoms with E-state index < -0.39 is 12.1 Å². The van der Waals surface area contributed by atoms with Crippen molar-refractivity contribution in [2.45, 2.75) is 13.0 Å². The molecule has 1 atom stereocenters. The third kappa shape index (κ3) is 4.88. The van der Waals surface area contributed by atoms with E-state index >= 15 is 0 Å². The Morgan fingerprint density at radius 1 is 1.21 bits per heavy atom. The number of hydrogen-bond donors (Lipinski definition) is 1. The van der Waals surface area contributed by atoms with Crippen LogP contribution in [-0.2, 0) is 4.79 Å². The molecule has 0 saturated heterocycles. The number of hydrogen-bond acceptors (Lipinski definition) is 7. The summed E-state index contributed by atoms with van der Waals surface area (Å²) in [5, 5.41) is 15.3. The number of methoxy groups -OCH3 is 1. The quantitative estimate of drug-likeness (QED) is 0.230. The van der Waals surface area contributed by atoms with Crippen LogP contribution in [0.2, 0.25) is 5.02 Å². The minimum absolute atomic E-state index is 0.207. The molecule has 9 nitrogen and oxygen atoms in total. The maximum Gasteiger partial charge on any atom is 0.344 e. The Balaban J connectivity index is 1.63. The van der Waals surface area contributed by atoms with Gasteiger partial charge in [-0.2, -0.15) is 9.78 Å². The number of furan rings is 1. The summed E-state index contributed by atoms with van der Waals surface area (Å²) >= 11 is 9.53. The van der Waals surface area contributed by atoms with Crippen LogP contribution in [0.25, 0.3) is 33.5 Å². The van der Waals surface area contributed by atoms with E-state index in [2.05, 4.69) is 26.0 Å². The summed E-state index contributed by atoms with van der Waals surface area (Å²) in [5.41, 5.74) is 1.24. The monoisotopic (exact) mass is 595 g/mol. The van der Waals surface area contributed by atoms with E-state index in [0.29, 0.717) is 37.3 Å². The highest BCUT2D eigenvalue weighted by Gasteiger charge is 2.20. The Kier molecular flexibility index (Phi) is 6.92. The Morgan fingerprint density at radius 3 is 2.76 bits per heavy atom. The fraction of sp³-hybridized carbons (Fsp3) is 0.111. The minimum atomic E-state index is -1.12. The molecule has 2 aromatic heterocycles. The molecule has 0 aliphatic heterocycles. The van der Waals surface area contributed by atoms with E-state index in [1.165, 1.54) is 24.9 Å². The third-order valence-corrected chi connectivity index (χ3v) is 6.49. The lowest BCUT2D eigenvalue weighted by Crippen LogP contribution is -2.23. The smallest absolute Gasteiger partial charge is 0.344 e. The largest absolute Gasteiger partial charge is 0.493 e. The van der Waals surface area contributed by atoms with Crippen LogP contribution in [0.3, 0.4) is 0 Å². The first kappa shape index (κ1) is 25.5. The molecule has 0 spiro atoms. The number of para-hydroxylation sites is 1. The molecule has 0 amide bonds. The number of aromatic nitrogens is 2. The molecular weight excluding hydrogens is 578 g/mol. The molecule has 0 unspecified atom stereocenters. The van der Waals surface area contributed by atoms with Crippen LogP contribution >= 0.6 is 27.5 Å². The van der Waals surface area contributed by atoms with Gasteiger partial charge in [0.25, 0.3) is 5.56 Å². The Hall–Kier alpha value is -4.15. The number of halogens is 2. The molecular formula is C27H19BrClN3O6. The van der Waals surface area contributed by atoms with Gasteiger partial charge in [0, 0.05) is 10.4 Å². The van der Waals surface area contributed by atoms with Crippen molar-refractivity contribution in [3.05, 3.63) is 86.1 Å². The van der Waals surface area contributed by atoms with Crippen molar-refractivity contribution in [1.82, 2.24) is 9.66 Å². The van der Waals surface area contributed by atoms with Crippen LogP contribution < -0.4 is 15.0 Å². The van der Waals surface area contributed by atoms with E-state index in [1.807, 2.05) is 0 Å². The molecule has 2 heterocycles. The molecule has 0 saturated carbocycles. The van der Waals surface area contributed by atoms with Gasteiger partial charge in [0.15, 0.2) is 23.4 Å². The molecule has 5 aromatic rings. The van der Waals surface area contributed by atoms with Crippen molar-refractivity contribution in [1.29, 1.82) is 0 Å². The first-order valence-electron chi connectivity index (χ1n) is 11.3. The molecule has 1 N–H and O–H groups in total. The number of ether oxygens (including phenoxy) is 2. The molecule has 0 fully saturated rings. The average molecular weight is 597 g/mol. The fourth-order valence-corrected chi connectivity index (χ4v) is 4.53. The number of fused-ring (bicyclic) bond motifs is 2. The zero-order valence-electron chi connectivity index (χ0n) is 20.0. The number of rotatable bonds is 7. The lowest BCUT2D eigenvalue weighted by molar-refractivity contribution is -0.144. The highest BCUT2D eigenvalue weighted by atomic mass is 79.9. The van der Waals surface area contributed by atoms with Gasteiger partial charge in [-0.25, -0.2) is 9.78 Å². The summed E-state index contributed by atoms with van der Waals surface area (Å²) in [6.07, 6.45) is 0.363. The molecule has 0 aliphatic rings. The molecule has 38 heavy (non-hydrogen) atoms. The van der Waals surface area contributed by atoms with Gasteiger partial charge in [-0.15, -0.1) is 0 Å². The van der Waals surface area contributed by atoms with E-state index in [4.69, 9.17) is 25.5 Å². The van der Waals surface area contributed by atoms with Gasteiger partial charge in [0.05, 0.1) is 28.7 Å². The van der Waals surface area contributed by atoms with E-state index in [9.17, 15) is 14.7 Å². The second-order valence-electron chi connectivity index (χ2n) is 8.24. The molecule has 0 radical (unpaired) electrons. The number of carboxylic acids is 1. The first-order chi connectivity index (χ1) is 18.2. The fourth-order valence-electron chi connectivity index (χ4n) is 3.79. The second-order valence-corrected chi connectivity index (χ2v) is 9.53. The van der Waals surface area contributed by atoms with Crippen LogP contribution in [0.15, 0.2) is 79.4 Å². The van der Waals surface area contributed by atoms with Crippen LogP contribution in [0, 0.1) is 0 Å². The van der Waals surface area contributed by atoms with Gasteiger partial charge in [0.2, 0.25) is 5.82 Å². The Morgan fingerprint density at radius 2 is 2.00 bits per heavy atom. The summed E-state index contributed by atoms with van der Waals surface area (Å²) in [7, 11) is 1.44.